The van der Waals surface area contributed by atoms with Crippen molar-refractivity contribution in [2.24, 2.45) is 5.92 Å². The topological polar surface area (TPSA) is 67.8 Å². The summed E-state index contributed by atoms with van der Waals surface area (Å²) in [6, 6.07) is 3.80. The fourth-order valence-electron chi connectivity index (χ4n) is 3.80. The van der Waals surface area contributed by atoms with Gasteiger partial charge in [-0.25, -0.2) is 0 Å². The molecular formula is C19H24N4O3S. The SMILES string of the molecule is COc1cc(OC)nc(N2CCCC(C(=O)N3CCc4sccc4C3)C2)n1. The summed E-state index contributed by atoms with van der Waals surface area (Å²) in [6.07, 6.45) is 2.81. The van der Waals surface area contributed by atoms with Gasteiger partial charge in [-0.1, -0.05) is 0 Å². The number of hydrogen-bond donors (Lipinski definition) is 0. The Morgan fingerprint density at radius 3 is 2.74 bits per heavy atom. The van der Waals surface area contributed by atoms with Crippen LogP contribution in [-0.4, -0.2) is 54.6 Å². The van der Waals surface area contributed by atoms with Crippen LogP contribution >= 0.6 is 11.3 Å². The molecule has 27 heavy (non-hydrogen) atoms. The smallest absolute Gasteiger partial charge is 0.231 e. The number of thiophene rings is 1. The molecule has 1 amide bonds. The van der Waals surface area contributed by atoms with Gasteiger partial charge in [0.1, 0.15) is 0 Å². The maximum Gasteiger partial charge on any atom is 0.231 e. The molecule has 1 unspecified atom stereocenters. The van der Waals surface area contributed by atoms with Gasteiger partial charge in [0.15, 0.2) is 0 Å². The van der Waals surface area contributed by atoms with Crippen molar-refractivity contribution < 1.29 is 14.3 Å². The van der Waals surface area contributed by atoms with Crippen LogP contribution in [-0.2, 0) is 17.8 Å². The maximum absolute atomic E-state index is 13.1. The Morgan fingerprint density at radius 2 is 2.00 bits per heavy atom. The van der Waals surface area contributed by atoms with Gasteiger partial charge < -0.3 is 19.3 Å². The number of rotatable bonds is 4. The molecule has 144 valence electrons. The van der Waals surface area contributed by atoms with Crippen LogP contribution in [0.2, 0.25) is 0 Å². The Morgan fingerprint density at radius 1 is 1.22 bits per heavy atom. The van der Waals surface area contributed by atoms with E-state index in [1.807, 2.05) is 4.90 Å². The molecule has 2 aromatic heterocycles. The van der Waals surface area contributed by atoms with Gasteiger partial charge in [0.2, 0.25) is 23.6 Å². The van der Waals surface area contributed by atoms with Crippen molar-refractivity contribution in [3.8, 4) is 11.8 Å². The number of fused-ring (bicyclic) bond motifs is 1. The first-order valence-corrected chi connectivity index (χ1v) is 10.1. The highest BCUT2D eigenvalue weighted by atomic mass is 32.1. The van der Waals surface area contributed by atoms with E-state index in [1.165, 1.54) is 10.4 Å². The highest BCUT2D eigenvalue weighted by molar-refractivity contribution is 7.10. The van der Waals surface area contributed by atoms with Crippen molar-refractivity contribution in [1.29, 1.82) is 0 Å². The van der Waals surface area contributed by atoms with Gasteiger partial charge >= 0.3 is 0 Å². The Hall–Kier alpha value is -2.35. The molecule has 4 rings (SSSR count). The van der Waals surface area contributed by atoms with Crippen LogP contribution in [0.4, 0.5) is 5.95 Å². The number of carbonyl (C=O) groups is 1. The summed E-state index contributed by atoms with van der Waals surface area (Å²) in [6.45, 7) is 3.00. The number of piperidine rings is 1. The fraction of sp³-hybridized carbons (Fsp3) is 0.526. The van der Waals surface area contributed by atoms with E-state index in [-0.39, 0.29) is 11.8 Å². The van der Waals surface area contributed by atoms with E-state index < -0.39 is 0 Å². The first-order chi connectivity index (χ1) is 13.2. The minimum atomic E-state index is -0.0280. The van der Waals surface area contributed by atoms with Crippen LogP contribution in [0.5, 0.6) is 11.8 Å². The second kappa shape index (κ2) is 7.72. The molecule has 0 aliphatic carbocycles. The largest absolute Gasteiger partial charge is 0.481 e. The third kappa shape index (κ3) is 3.71. The molecule has 0 spiro atoms. The van der Waals surface area contributed by atoms with E-state index in [1.54, 1.807) is 31.6 Å². The summed E-state index contributed by atoms with van der Waals surface area (Å²) in [4.78, 5) is 27.5. The lowest BCUT2D eigenvalue weighted by molar-refractivity contribution is -0.136. The summed E-state index contributed by atoms with van der Waals surface area (Å²) in [7, 11) is 3.15. The quantitative estimate of drug-likeness (QED) is 0.801. The molecule has 1 saturated heterocycles. The average molecular weight is 388 g/mol. The van der Waals surface area contributed by atoms with Crippen molar-refractivity contribution in [3.05, 3.63) is 28.0 Å². The van der Waals surface area contributed by atoms with Crippen molar-refractivity contribution in [2.75, 3.05) is 38.8 Å². The lowest BCUT2D eigenvalue weighted by Crippen LogP contribution is -2.46. The number of amides is 1. The van der Waals surface area contributed by atoms with Crippen LogP contribution in [0.3, 0.4) is 0 Å². The lowest BCUT2D eigenvalue weighted by Gasteiger charge is -2.36. The third-order valence-corrected chi connectivity index (χ3v) is 6.28. The number of carbonyl (C=O) groups excluding carboxylic acids is 1. The Bertz CT molecular complexity index is 803. The van der Waals surface area contributed by atoms with Crippen LogP contribution in [0.15, 0.2) is 17.5 Å². The van der Waals surface area contributed by atoms with Crippen LogP contribution in [0, 0.1) is 5.92 Å². The van der Waals surface area contributed by atoms with E-state index >= 15 is 0 Å². The molecule has 2 aliphatic rings. The summed E-state index contributed by atoms with van der Waals surface area (Å²) in [5.41, 5.74) is 1.30. The molecule has 0 N–H and O–H groups in total. The fourth-order valence-corrected chi connectivity index (χ4v) is 4.69. The highest BCUT2D eigenvalue weighted by Gasteiger charge is 2.32. The second-order valence-electron chi connectivity index (χ2n) is 6.92. The molecular weight excluding hydrogens is 364 g/mol. The zero-order valence-corrected chi connectivity index (χ0v) is 16.5. The summed E-state index contributed by atoms with van der Waals surface area (Å²) >= 11 is 1.79. The molecule has 2 aliphatic heterocycles. The van der Waals surface area contributed by atoms with Crippen LogP contribution in [0.1, 0.15) is 23.3 Å². The number of methoxy groups -OCH3 is 2. The first-order valence-electron chi connectivity index (χ1n) is 9.24. The summed E-state index contributed by atoms with van der Waals surface area (Å²) in [5.74, 6) is 1.70. The van der Waals surface area contributed by atoms with Gasteiger partial charge in [-0.05, 0) is 36.3 Å². The Balaban J connectivity index is 1.47. The molecule has 0 bridgehead atoms. The number of nitrogens with zero attached hydrogens (tertiary/aromatic N) is 4. The Kier molecular flexibility index (Phi) is 5.15. The predicted octanol–water partition coefficient (Wildman–Crippen LogP) is 2.36. The van der Waals surface area contributed by atoms with Crippen LogP contribution < -0.4 is 14.4 Å². The van der Waals surface area contributed by atoms with Gasteiger partial charge in [0.05, 0.1) is 26.2 Å². The van der Waals surface area contributed by atoms with Gasteiger partial charge in [-0.3, -0.25) is 4.79 Å². The molecule has 4 heterocycles. The molecule has 0 aromatic carbocycles. The standard InChI is InChI=1S/C19H24N4O3S/c1-25-16-10-17(26-2)21-19(20-16)23-7-3-4-14(12-23)18(24)22-8-5-15-13(11-22)6-9-27-15/h6,9-10,14H,3-5,7-8,11-12H2,1-2H3. The van der Waals surface area contributed by atoms with E-state index in [4.69, 9.17) is 9.47 Å². The number of hydrogen-bond acceptors (Lipinski definition) is 7. The van der Waals surface area contributed by atoms with Crippen molar-refractivity contribution in [2.45, 2.75) is 25.8 Å². The van der Waals surface area contributed by atoms with Gasteiger partial charge in [0.25, 0.3) is 0 Å². The minimum Gasteiger partial charge on any atom is -0.481 e. The average Bonchev–Trinajstić information content (AvgIpc) is 3.20. The van der Waals surface area contributed by atoms with Crippen molar-refractivity contribution in [1.82, 2.24) is 14.9 Å². The molecule has 0 radical (unpaired) electrons. The predicted molar refractivity (Wildman–Crippen MR) is 104 cm³/mol. The lowest BCUT2D eigenvalue weighted by atomic mass is 9.95. The molecule has 1 atom stereocenters. The van der Waals surface area contributed by atoms with Gasteiger partial charge in [-0.15, -0.1) is 11.3 Å². The van der Waals surface area contributed by atoms with E-state index in [2.05, 4.69) is 26.3 Å². The summed E-state index contributed by atoms with van der Waals surface area (Å²) < 4.78 is 10.5. The number of anilines is 1. The molecule has 7 nitrogen and oxygen atoms in total. The monoisotopic (exact) mass is 388 g/mol. The number of aromatic nitrogens is 2. The third-order valence-electron chi connectivity index (χ3n) is 5.26. The van der Waals surface area contributed by atoms with Gasteiger partial charge in [0, 0.05) is 31.1 Å². The maximum atomic E-state index is 13.1. The van der Waals surface area contributed by atoms with E-state index in [0.717, 1.165) is 38.9 Å². The first kappa shape index (κ1) is 18.0. The summed E-state index contributed by atoms with van der Waals surface area (Å²) in [5, 5.41) is 2.12. The molecule has 8 heteroatoms. The van der Waals surface area contributed by atoms with Crippen LogP contribution in [0.25, 0.3) is 0 Å². The Labute approximate surface area is 162 Å². The van der Waals surface area contributed by atoms with Gasteiger partial charge in [-0.2, -0.15) is 9.97 Å². The van der Waals surface area contributed by atoms with E-state index in [0.29, 0.717) is 24.3 Å². The zero-order valence-electron chi connectivity index (χ0n) is 15.7. The normalized spacial score (nSPS) is 19.6. The molecule has 2 aromatic rings. The van der Waals surface area contributed by atoms with Crippen molar-refractivity contribution >= 4 is 23.2 Å². The minimum absolute atomic E-state index is 0.0280. The molecule has 1 fully saturated rings. The highest BCUT2D eigenvalue weighted by Crippen LogP contribution is 2.29. The second-order valence-corrected chi connectivity index (χ2v) is 7.92. The van der Waals surface area contributed by atoms with E-state index in [9.17, 15) is 4.79 Å². The number of ether oxygens (including phenoxy) is 2. The zero-order chi connectivity index (χ0) is 18.8. The van der Waals surface area contributed by atoms with Crippen molar-refractivity contribution in [3.63, 3.8) is 0 Å². The molecule has 0 saturated carbocycles.